The Bertz CT molecular complexity index is 735. The first-order valence-electron chi connectivity index (χ1n) is 7.30. The second-order valence-electron chi connectivity index (χ2n) is 4.91. The lowest BCUT2D eigenvalue weighted by molar-refractivity contribution is 0.102. The third kappa shape index (κ3) is 3.55. The van der Waals surface area contributed by atoms with Crippen molar-refractivity contribution in [3.63, 3.8) is 0 Å². The molecule has 0 aliphatic carbocycles. The van der Waals surface area contributed by atoms with Crippen molar-refractivity contribution in [2.75, 3.05) is 11.9 Å². The van der Waals surface area contributed by atoms with Crippen LogP contribution in [0.4, 0.5) is 5.69 Å². The van der Waals surface area contributed by atoms with Crippen LogP contribution in [0.2, 0.25) is 0 Å². The van der Waals surface area contributed by atoms with Crippen LogP contribution in [0.3, 0.4) is 0 Å². The lowest BCUT2D eigenvalue weighted by Crippen LogP contribution is -2.19. The van der Waals surface area contributed by atoms with Gasteiger partial charge >= 0.3 is 0 Å². The average Bonchev–Trinajstić information content (AvgIpc) is 2.51. The summed E-state index contributed by atoms with van der Waals surface area (Å²) in [6.45, 7) is 6.82. The van der Waals surface area contributed by atoms with E-state index in [-0.39, 0.29) is 11.5 Å². The molecule has 1 amide bonds. The largest absolute Gasteiger partial charge is 0.494 e. The van der Waals surface area contributed by atoms with E-state index in [0.717, 1.165) is 5.56 Å². The zero-order valence-corrected chi connectivity index (χ0v) is 13.1. The van der Waals surface area contributed by atoms with Crippen LogP contribution in [-0.4, -0.2) is 17.1 Å². The van der Waals surface area contributed by atoms with E-state index < -0.39 is 0 Å². The number of carbonyl (C=O) groups excluding carboxylic acids is 1. The number of hydrogen-bond donors (Lipinski definition) is 1. The molecule has 2 aromatic rings. The zero-order valence-electron chi connectivity index (χ0n) is 13.1. The van der Waals surface area contributed by atoms with Gasteiger partial charge in [0.25, 0.3) is 11.5 Å². The SMILES string of the molecule is CCOc1cc(C(=O)Nc2ccc(=O)n(CC)c2)ccc1C. The summed E-state index contributed by atoms with van der Waals surface area (Å²) in [6, 6.07) is 8.38. The minimum absolute atomic E-state index is 0.0885. The maximum absolute atomic E-state index is 12.3. The van der Waals surface area contributed by atoms with Crippen LogP contribution in [-0.2, 0) is 6.54 Å². The van der Waals surface area contributed by atoms with Gasteiger partial charge in [-0.1, -0.05) is 6.07 Å². The third-order valence-corrected chi connectivity index (χ3v) is 3.33. The number of ether oxygens (including phenoxy) is 1. The summed E-state index contributed by atoms with van der Waals surface area (Å²) in [5.41, 5.74) is 2.00. The summed E-state index contributed by atoms with van der Waals surface area (Å²) in [7, 11) is 0. The van der Waals surface area contributed by atoms with Gasteiger partial charge < -0.3 is 14.6 Å². The Morgan fingerprint density at radius 2 is 2.00 bits per heavy atom. The number of aryl methyl sites for hydroxylation is 2. The van der Waals surface area contributed by atoms with Crippen LogP contribution >= 0.6 is 0 Å². The molecule has 0 saturated heterocycles. The normalized spacial score (nSPS) is 10.3. The van der Waals surface area contributed by atoms with E-state index in [1.807, 2.05) is 26.8 Å². The molecular weight excluding hydrogens is 280 g/mol. The van der Waals surface area contributed by atoms with E-state index in [1.54, 1.807) is 24.4 Å². The van der Waals surface area contributed by atoms with E-state index in [9.17, 15) is 9.59 Å². The third-order valence-electron chi connectivity index (χ3n) is 3.33. The van der Waals surface area contributed by atoms with Gasteiger partial charge in [-0.2, -0.15) is 0 Å². The molecule has 2 rings (SSSR count). The van der Waals surface area contributed by atoms with Crippen LogP contribution in [0, 0.1) is 6.92 Å². The zero-order chi connectivity index (χ0) is 16.1. The molecule has 1 heterocycles. The predicted molar refractivity (Wildman–Crippen MR) is 86.7 cm³/mol. The van der Waals surface area contributed by atoms with Crippen LogP contribution in [0.15, 0.2) is 41.3 Å². The fourth-order valence-corrected chi connectivity index (χ4v) is 2.11. The number of pyridine rings is 1. The molecule has 0 radical (unpaired) electrons. The second-order valence-corrected chi connectivity index (χ2v) is 4.91. The predicted octanol–water partition coefficient (Wildman–Crippen LogP) is 2.83. The molecule has 0 bridgehead atoms. The molecular formula is C17H20N2O3. The Morgan fingerprint density at radius 1 is 1.23 bits per heavy atom. The Labute approximate surface area is 129 Å². The maximum Gasteiger partial charge on any atom is 0.255 e. The number of carbonyl (C=O) groups is 1. The highest BCUT2D eigenvalue weighted by atomic mass is 16.5. The van der Waals surface area contributed by atoms with Gasteiger partial charge in [0, 0.05) is 24.4 Å². The van der Waals surface area contributed by atoms with Crippen LogP contribution in [0.25, 0.3) is 0 Å². The van der Waals surface area contributed by atoms with Crippen LogP contribution < -0.4 is 15.6 Å². The monoisotopic (exact) mass is 300 g/mol. The minimum atomic E-state index is -0.234. The summed E-state index contributed by atoms with van der Waals surface area (Å²) in [5.74, 6) is 0.468. The number of aromatic nitrogens is 1. The van der Waals surface area contributed by atoms with Crippen molar-refractivity contribution in [3.05, 3.63) is 58.0 Å². The highest BCUT2D eigenvalue weighted by Gasteiger charge is 2.10. The lowest BCUT2D eigenvalue weighted by atomic mass is 10.1. The van der Waals surface area contributed by atoms with Gasteiger partial charge in [0.1, 0.15) is 5.75 Å². The fourth-order valence-electron chi connectivity index (χ4n) is 2.11. The molecule has 0 atom stereocenters. The smallest absolute Gasteiger partial charge is 0.255 e. The van der Waals surface area contributed by atoms with Crippen molar-refractivity contribution in [1.29, 1.82) is 0 Å². The van der Waals surface area contributed by atoms with E-state index in [0.29, 0.717) is 30.2 Å². The number of hydrogen-bond acceptors (Lipinski definition) is 3. The Morgan fingerprint density at radius 3 is 2.68 bits per heavy atom. The average molecular weight is 300 g/mol. The highest BCUT2D eigenvalue weighted by Crippen LogP contribution is 2.20. The summed E-state index contributed by atoms with van der Waals surface area (Å²) < 4.78 is 7.04. The molecule has 5 nitrogen and oxygen atoms in total. The molecule has 22 heavy (non-hydrogen) atoms. The summed E-state index contributed by atoms with van der Waals surface area (Å²) >= 11 is 0. The van der Waals surface area contributed by atoms with E-state index >= 15 is 0 Å². The van der Waals surface area contributed by atoms with E-state index in [4.69, 9.17) is 4.74 Å². The van der Waals surface area contributed by atoms with Crippen LogP contribution in [0.1, 0.15) is 29.8 Å². The molecule has 0 spiro atoms. The van der Waals surface area contributed by atoms with Gasteiger partial charge in [-0.05, 0) is 44.5 Å². The molecule has 1 aromatic carbocycles. The van der Waals surface area contributed by atoms with E-state index in [1.165, 1.54) is 10.6 Å². The topological polar surface area (TPSA) is 60.3 Å². The number of benzene rings is 1. The highest BCUT2D eigenvalue weighted by molar-refractivity contribution is 6.04. The maximum atomic E-state index is 12.3. The quantitative estimate of drug-likeness (QED) is 0.923. The number of nitrogens with one attached hydrogen (secondary N) is 1. The van der Waals surface area contributed by atoms with Crippen LogP contribution in [0.5, 0.6) is 5.75 Å². The number of rotatable bonds is 5. The molecule has 0 saturated carbocycles. The van der Waals surface area contributed by atoms with Crippen molar-refractivity contribution < 1.29 is 9.53 Å². The first kappa shape index (κ1) is 15.8. The van der Waals surface area contributed by atoms with Gasteiger partial charge in [0.15, 0.2) is 0 Å². The molecule has 0 aliphatic heterocycles. The van der Waals surface area contributed by atoms with Gasteiger partial charge in [-0.15, -0.1) is 0 Å². The van der Waals surface area contributed by atoms with E-state index in [2.05, 4.69) is 5.32 Å². The Balaban J connectivity index is 2.22. The molecule has 1 N–H and O–H groups in total. The van der Waals surface area contributed by atoms with Crippen molar-refractivity contribution in [2.24, 2.45) is 0 Å². The summed E-state index contributed by atoms with van der Waals surface area (Å²) in [5, 5.41) is 2.79. The molecule has 5 heteroatoms. The minimum Gasteiger partial charge on any atom is -0.494 e. The van der Waals surface area contributed by atoms with Crippen molar-refractivity contribution in [2.45, 2.75) is 27.3 Å². The van der Waals surface area contributed by atoms with Crippen molar-refractivity contribution in [1.82, 2.24) is 4.57 Å². The molecule has 0 unspecified atom stereocenters. The summed E-state index contributed by atoms with van der Waals surface area (Å²) in [4.78, 5) is 23.9. The Kier molecular flexibility index (Phi) is 4.99. The van der Waals surface area contributed by atoms with Gasteiger partial charge in [0.05, 0.1) is 12.3 Å². The number of anilines is 1. The van der Waals surface area contributed by atoms with Gasteiger partial charge in [-0.25, -0.2) is 0 Å². The standard InChI is InChI=1S/C17H20N2O3/c1-4-19-11-14(8-9-16(19)20)18-17(21)13-7-6-12(3)15(10-13)22-5-2/h6-11H,4-5H2,1-3H3,(H,18,21). The first-order valence-corrected chi connectivity index (χ1v) is 7.30. The summed E-state index contributed by atoms with van der Waals surface area (Å²) in [6.07, 6.45) is 1.64. The molecule has 0 aliphatic rings. The molecule has 1 aromatic heterocycles. The van der Waals surface area contributed by atoms with Gasteiger partial charge in [0.2, 0.25) is 0 Å². The lowest BCUT2D eigenvalue weighted by Gasteiger charge is -2.11. The number of nitrogens with zero attached hydrogens (tertiary/aromatic N) is 1. The molecule has 0 fully saturated rings. The molecule has 116 valence electrons. The fraction of sp³-hybridized carbons (Fsp3) is 0.294. The second kappa shape index (κ2) is 6.93. The number of amides is 1. The van der Waals surface area contributed by atoms with Crippen molar-refractivity contribution in [3.8, 4) is 5.75 Å². The van der Waals surface area contributed by atoms with Gasteiger partial charge in [-0.3, -0.25) is 9.59 Å². The first-order chi connectivity index (χ1) is 10.5. The van der Waals surface area contributed by atoms with Crippen molar-refractivity contribution >= 4 is 11.6 Å². The Hall–Kier alpha value is -2.56.